The molecule has 0 spiro atoms. The Labute approximate surface area is 133 Å². The van der Waals surface area contributed by atoms with Gasteiger partial charge in [-0.05, 0) is 19.4 Å². The molecule has 0 aliphatic rings. The van der Waals surface area contributed by atoms with Crippen LogP contribution in [0.25, 0.3) is 22.0 Å². The van der Waals surface area contributed by atoms with Crippen molar-refractivity contribution in [1.82, 2.24) is 20.3 Å². The lowest BCUT2D eigenvalue weighted by molar-refractivity contribution is 0.489. The first kappa shape index (κ1) is 14.9. The number of aromatic amines is 1. The average molecular weight is 313 g/mol. The molecule has 2 atom stereocenters. The molecule has 2 aromatic heterocycles. The maximum Gasteiger partial charge on any atom is 0.149 e. The van der Waals surface area contributed by atoms with Crippen molar-refractivity contribution in [2.45, 2.75) is 26.1 Å². The van der Waals surface area contributed by atoms with Crippen LogP contribution in [0.3, 0.4) is 0 Å². The Morgan fingerprint density at radius 3 is 2.64 bits per heavy atom. The molecule has 0 radical (unpaired) electrons. The average Bonchev–Trinajstić information content (AvgIpc) is 3.17. The number of hydrogen-bond donors (Lipinski definition) is 3. The Kier molecular flexibility index (Phi) is 4.33. The molecule has 0 aliphatic carbocycles. The Morgan fingerprint density at radius 1 is 1.14 bits per heavy atom. The number of H-pyrrole nitrogens is 1. The molecule has 5 nitrogen and oxygen atoms in total. The Balaban J connectivity index is 1.81. The Bertz CT molecular complexity index is 732. The van der Waals surface area contributed by atoms with Gasteiger partial charge < -0.3 is 10.7 Å². The van der Waals surface area contributed by atoms with Crippen LogP contribution in [0.15, 0.2) is 42.7 Å². The van der Waals surface area contributed by atoms with Crippen molar-refractivity contribution in [3.63, 3.8) is 0 Å². The zero-order valence-electron chi connectivity index (χ0n) is 12.6. The molecule has 114 valence electrons. The maximum absolute atomic E-state index is 5.76. The van der Waals surface area contributed by atoms with Gasteiger partial charge in [0, 0.05) is 6.20 Å². The van der Waals surface area contributed by atoms with Crippen LogP contribution < -0.4 is 11.1 Å². The fourth-order valence-electron chi connectivity index (χ4n) is 2.27. The van der Waals surface area contributed by atoms with E-state index in [-0.39, 0.29) is 12.2 Å². The fraction of sp³-hybridized carbons (Fsp3) is 0.250. The van der Waals surface area contributed by atoms with E-state index in [4.69, 9.17) is 5.73 Å². The molecule has 3 aromatic rings. The second kappa shape index (κ2) is 6.39. The van der Waals surface area contributed by atoms with Crippen LogP contribution >= 0.6 is 11.3 Å². The third-order valence-corrected chi connectivity index (χ3v) is 4.49. The Morgan fingerprint density at radius 2 is 1.91 bits per heavy atom. The summed E-state index contributed by atoms with van der Waals surface area (Å²) < 4.78 is 0. The van der Waals surface area contributed by atoms with Crippen LogP contribution in [-0.2, 0) is 0 Å². The standard InChI is InChI=1S/C16H19N5S/c1-10(20-11(2)17)16-19-9-14(22-16)15-18-8-13(21-15)12-6-4-3-5-7-12/h3-11,20H,17H2,1-2H3,(H,18,21). The number of nitrogens with two attached hydrogens (primary N) is 1. The summed E-state index contributed by atoms with van der Waals surface area (Å²) in [5.74, 6) is 0.843. The molecular weight excluding hydrogens is 294 g/mol. The lowest BCUT2D eigenvalue weighted by Crippen LogP contribution is -2.35. The van der Waals surface area contributed by atoms with E-state index in [2.05, 4.69) is 39.3 Å². The fourth-order valence-corrected chi connectivity index (χ4v) is 3.16. The molecular formula is C16H19N5S. The number of imidazole rings is 1. The quantitative estimate of drug-likeness (QED) is 0.632. The van der Waals surface area contributed by atoms with Gasteiger partial charge in [-0.15, -0.1) is 11.3 Å². The summed E-state index contributed by atoms with van der Waals surface area (Å²) in [7, 11) is 0. The summed E-state index contributed by atoms with van der Waals surface area (Å²) in [6, 6.07) is 10.3. The van der Waals surface area contributed by atoms with E-state index in [0.717, 1.165) is 27.0 Å². The predicted molar refractivity (Wildman–Crippen MR) is 90.3 cm³/mol. The number of aromatic nitrogens is 3. The zero-order valence-corrected chi connectivity index (χ0v) is 13.4. The molecule has 22 heavy (non-hydrogen) atoms. The number of hydrogen-bond acceptors (Lipinski definition) is 5. The van der Waals surface area contributed by atoms with Crippen molar-refractivity contribution in [1.29, 1.82) is 0 Å². The normalized spacial score (nSPS) is 14.0. The number of nitrogens with zero attached hydrogens (tertiary/aromatic N) is 2. The van der Waals surface area contributed by atoms with E-state index in [1.165, 1.54) is 0 Å². The van der Waals surface area contributed by atoms with Crippen molar-refractivity contribution < 1.29 is 0 Å². The molecule has 4 N–H and O–H groups in total. The SMILES string of the molecule is CC(N)NC(C)c1ncc(-c2ncc(-c3ccccc3)[nH]2)s1. The molecule has 1 aromatic carbocycles. The van der Waals surface area contributed by atoms with Gasteiger partial charge in [-0.25, -0.2) is 9.97 Å². The lowest BCUT2D eigenvalue weighted by atomic mass is 10.2. The minimum Gasteiger partial charge on any atom is -0.337 e. The number of rotatable bonds is 5. The highest BCUT2D eigenvalue weighted by Gasteiger charge is 2.14. The summed E-state index contributed by atoms with van der Waals surface area (Å²) in [5, 5.41) is 4.25. The molecule has 0 bridgehead atoms. The number of nitrogens with one attached hydrogen (secondary N) is 2. The highest BCUT2D eigenvalue weighted by atomic mass is 32.1. The van der Waals surface area contributed by atoms with Crippen LogP contribution in [0.1, 0.15) is 24.9 Å². The highest BCUT2D eigenvalue weighted by molar-refractivity contribution is 7.15. The summed E-state index contributed by atoms with van der Waals surface area (Å²) >= 11 is 1.62. The summed E-state index contributed by atoms with van der Waals surface area (Å²) in [6.45, 7) is 3.98. The van der Waals surface area contributed by atoms with E-state index in [9.17, 15) is 0 Å². The van der Waals surface area contributed by atoms with E-state index >= 15 is 0 Å². The molecule has 6 heteroatoms. The van der Waals surface area contributed by atoms with Gasteiger partial charge in [0.25, 0.3) is 0 Å². The van der Waals surface area contributed by atoms with Gasteiger partial charge in [-0.3, -0.25) is 5.32 Å². The summed E-state index contributed by atoms with van der Waals surface area (Å²) in [5.41, 5.74) is 7.89. The van der Waals surface area contributed by atoms with Crippen molar-refractivity contribution in [3.8, 4) is 22.0 Å². The van der Waals surface area contributed by atoms with Crippen LogP contribution in [0.4, 0.5) is 0 Å². The summed E-state index contributed by atoms with van der Waals surface area (Å²) in [6.07, 6.45) is 3.65. The number of benzene rings is 1. The third kappa shape index (κ3) is 3.24. The van der Waals surface area contributed by atoms with Gasteiger partial charge in [0.05, 0.1) is 29.0 Å². The van der Waals surface area contributed by atoms with Gasteiger partial charge in [0.1, 0.15) is 10.8 Å². The second-order valence-corrected chi connectivity index (χ2v) is 6.31. The lowest BCUT2D eigenvalue weighted by Gasteiger charge is -2.13. The molecule has 2 heterocycles. The molecule has 3 rings (SSSR count). The van der Waals surface area contributed by atoms with E-state index in [1.54, 1.807) is 11.3 Å². The van der Waals surface area contributed by atoms with Crippen molar-refractivity contribution in [2.75, 3.05) is 0 Å². The van der Waals surface area contributed by atoms with Crippen LogP contribution in [0.2, 0.25) is 0 Å². The minimum atomic E-state index is -0.0596. The predicted octanol–water partition coefficient (Wildman–Crippen LogP) is 3.16. The zero-order chi connectivity index (χ0) is 15.5. The third-order valence-electron chi connectivity index (χ3n) is 3.30. The number of thiazole rings is 1. The topological polar surface area (TPSA) is 79.6 Å². The molecule has 2 unspecified atom stereocenters. The molecule has 0 amide bonds. The first-order chi connectivity index (χ1) is 10.6. The van der Waals surface area contributed by atoms with Crippen molar-refractivity contribution in [2.24, 2.45) is 5.73 Å². The largest absolute Gasteiger partial charge is 0.337 e. The van der Waals surface area contributed by atoms with Gasteiger partial charge in [-0.1, -0.05) is 30.3 Å². The first-order valence-electron chi connectivity index (χ1n) is 7.21. The van der Waals surface area contributed by atoms with Gasteiger partial charge >= 0.3 is 0 Å². The maximum atomic E-state index is 5.76. The van der Waals surface area contributed by atoms with Crippen molar-refractivity contribution in [3.05, 3.63) is 47.7 Å². The van der Waals surface area contributed by atoms with Gasteiger partial charge in [-0.2, -0.15) is 0 Å². The molecule has 0 saturated heterocycles. The minimum absolute atomic E-state index is 0.0596. The Hall–Kier alpha value is -2.02. The first-order valence-corrected chi connectivity index (χ1v) is 8.03. The summed E-state index contributed by atoms with van der Waals surface area (Å²) in [4.78, 5) is 13.3. The van der Waals surface area contributed by atoms with Crippen LogP contribution in [0, 0.1) is 0 Å². The molecule has 0 saturated carbocycles. The molecule has 0 aliphatic heterocycles. The molecule has 0 fully saturated rings. The smallest absolute Gasteiger partial charge is 0.149 e. The van der Waals surface area contributed by atoms with Gasteiger partial charge in [0.2, 0.25) is 0 Å². The van der Waals surface area contributed by atoms with E-state index < -0.39 is 0 Å². The van der Waals surface area contributed by atoms with E-state index in [1.807, 2.05) is 37.5 Å². The van der Waals surface area contributed by atoms with E-state index in [0.29, 0.717) is 0 Å². The van der Waals surface area contributed by atoms with Gasteiger partial charge in [0.15, 0.2) is 0 Å². The van der Waals surface area contributed by atoms with Crippen LogP contribution in [0.5, 0.6) is 0 Å². The monoisotopic (exact) mass is 313 g/mol. The second-order valence-electron chi connectivity index (χ2n) is 5.25. The highest BCUT2D eigenvalue weighted by Crippen LogP contribution is 2.29. The van der Waals surface area contributed by atoms with Crippen LogP contribution in [-0.4, -0.2) is 21.1 Å². The van der Waals surface area contributed by atoms with Crippen molar-refractivity contribution >= 4 is 11.3 Å².